The van der Waals surface area contributed by atoms with Gasteiger partial charge in [-0.1, -0.05) is 93.1 Å². The van der Waals surface area contributed by atoms with Gasteiger partial charge in [0.2, 0.25) is 5.91 Å². The number of amides is 2. The Morgan fingerprint density at radius 1 is 0.850 bits per heavy atom. The van der Waals surface area contributed by atoms with E-state index in [0.29, 0.717) is 23.3 Å². The summed E-state index contributed by atoms with van der Waals surface area (Å²) in [5.41, 5.74) is 3.42. The number of hydrogen-bond donors (Lipinski definition) is 2. The zero-order valence-corrected chi connectivity index (χ0v) is 25.3. The monoisotopic (exact) mass is 615 g/mol. The zero-order chi connectivity index (χ0) is 29.0. The first-order chi connectivity index (χ1) is 19.4. The van der Waals surface area contributed by atoms with Gasteiger partial charge in [-0.05, 0) is 48.4 Å². The summed E-state index contributed by atoms with van der Waals surface area (Å²) in [5, 5.41) is 6.56. The van der Waals surface area contributed by atoms with Crippen LogP contribution in [0.15, 0.2) is 52.0 Å². The van der Waals surface area contributed by atoms with Crippen LogP contribution in [0.4, 0.5) is 0 Å². The van der Waals surface area contributed by atoms with E-state index in [1.54, 1.807) is 36.4 Å². The van der Waals surface area contributed by atoms with Crippen LogP contribution in [0.2, 0.25) is 0 Å². The third kappa shape index (κ3) is 13.7. The van der Waals surface area contributed by atoms with E-state index in [9.17, 15) is 14.4 Å². The molecule has 0 saturated carbocycles. The van der Waals surface area contributed by atoms with Gasteiger partial charge in [-0.25, -0.2) is 10.2 Å². The third-order valence-electron chi connectivity index (χ3n) is 6.31. The van der Waals surface area contributed by atoms with Crippen molar-refractivity contribution in [2.24, 2.45) is 5.10 Å². The molecule has 2 amide bonds. The number of esters is 1. The van der Waals surface area contributed by atoms with Crippen LogP contribution in [0.1, 0.15) is 99.9 Å². The van der Waals surface area contributed by atoms with E-state index in [-0.39, 0.29) is 18.2 Å². The molecule has 0 aromatic heterocycles. The average molecular weight is 617 g/mol. The first-order valence-electron chi connectivity index (χ1n) is 14.2. The lowest BCUT2D eigenvalue weighted by Gasteiger charge is -2.10. The van der Waals surface area contributed by atoms with Crippen molar-refractivity contribution in [3.05, 3.63) is 58.1 Å². The molecule has 0 unspecified atom stereocenters. The van der Waals surface area contributed by atoms with Crippen molar-refractivity contribution >= 4 is 39.9 Å². The molecule has 2 N–H and O–H groups in total. The topological polar surface area (TPSA) is 106 Å². The molecule has 0 heterocycles. The number of ether oxygens (including phenoxy) is 2. The van der Waals surface area contributed by atoms with Gasteiger partial charge in [0.05, 0.1) is 25.4 Å². The average Bonchev–Trinajstić information content (AvgIpc) is 2.95. The number of nitrogens with zero attached hydrogens (tertiary/aromatic N) is 1. The minimum absolute atomic E-state index is 0.132. The summed E-state index contributed by atoms with van der Waals surface area (Å²) in [6.45, 7) is 2.10. The Bertz CT molecular complexity index is 1110. The highest BCUT2D eigenvalue weighted by Gasteiger charge is 2.13. The van der Waals surface area contributed by atoms with Crippen LogP contribution in [0, 0.1) is 0 Å². The van der Waals surface area contributed by atoms with Gasteiger partial charge in [0.15, 0.2) is 11.5 Å². The molecule has 9 heteroatoms. The van der Waals surface area contributed by atoms with Crippen molar-refractivity contribution in [1.29, 1.82) is 0 Å². The molecule has 2 aromatic carbocycles. The molecule has 2 rings (SSSR count). The number of carbonyl (C=O) groups excluding carboxylic acids is 3. The number of rotatable bonds is 19. The highest BCUT2D eigenvalue weighted by molar-refractivity contribution is 9.10. The smallest absolute Gasteiger partial charge is 0.343 e. The van der Waals surface area contributed by atoms with Gasteiger partial charge in [0.25, 0.3) is 5.91 Å². The molecule has 0 aliphatic heterocycles. The SMILES string of the molecule is CCCCCCCCCCCCCC(=O)NCC(=O)N/N=C/c1ccc(OC(=O)c2cccc(Br)c2)c(OC)c1. The van der Waals surface area contributed by atoms with Gasteiger partial charge in [-0.3, -0.25) is 9.59 Å². The third-order valence-corrected chi connectivity index (χ3v) is 6.80. The predicted octanol–water partition coefficient (Wildman–Crippen LogP) is 6.94. The number of hydrazone groups is 1. The maximum Gasteiger partial charge on any atom is 0.343 e. The van der Waals surface area contributed by atoms with E-state index in [1.165, 1.54) is 64.7 Å². The summed E-state index contributed by atoms with van der Waals surface area (Å²) in [7, 11) is 1.47. The van der Waals surface area contributed by atoms with Crippen molar-refractivity contribution < 1.29 is 23.9 Å². The van der Waals surface area contributed by atoms with E-state index in [4.69, 9.17) is 9.47 Å². The van der Waals surface area contributed by atoms with Crippen LogP contribution in [0.5, 0.6) is 11.5 Å². The van der Waals surface area contributed by atoms with E-state index < -0.39 is 11.9 Å². The Kier molecular flexibility index (Phi) is 16.3. The second-order valence-electron chi connectivity index (χ2n) is 9.67. The van der Waals surface area contributed by atoms with Gasteiger partial charge in [-0.2, -0.15) is 5.10 Å². The van der Waals surface area contributed by atoms with E-state index in [0.717, 1.165) is 23.7 Å². The lowest BCUT2D eigenvalue weighted by Crippen LogP contribution is -2.34. The van der Waals surface area contributed by atoms with Crippen molar-refractivity contribution in [2.45, 2.75) is 84.0 Å². The van der Waals surface area contributed by atoms with Crippen molar-refractivity contribution in [2.75, 3.05) is 13.7 Å². The molecule has 2 aromatic rings. The molecule has 218 valence electrons. The Balaban J connectivity index is 1.63. The minimum Gasteiger partial charge on any atom is -0.493 e. The number of carbonyl (C=O) groups is 3. The summed E-state index contributed by atoms with van der Waals surface area (Å²) in [4.78, 5) is 36.5. The minimum atomic E-state index is -0.515. The molecule has 0 aliphatic carbocycles. The number of methoxy groups -OCH3 is 1. The summed E-state index contributed by atoms with van der Waals surface area (Å²) in [6.07, 6.45) is 15.3. The zero-order valence-electron chi connectivity index (χ0n) is 23.7. The number of benzene rings is 2. The Morgan fingerprint density at radius 2 is 1.52 bits per heavy atom. The number of hydrogen-bond acceptors (Lipinski definition) is 6. The fourth-order valence-corrected chi connectivity index (χ4v) is 4.46. The molecule has 0 aliphatic rings. The Hall–Kier alpha value is -3.20. The van der Waals surface area contributed by atoms with Crippen LogP contribution >= 0.6 is 15.9 Å². The first-order valence-corrected chi connectivity index (χ1v) is 15.0. The molecular formula is C31H42BrN3O5. The molecule has 0 atom stereocenters. The van der Waals surface area contributed by atoms with E-state index in [2.05, 4.69) is 38.7 Å². The Morgan fingerprint density at radius 3 is 2.17 bits per heavy atom. The van der Waals surface area contributed by atoms with Gasteiger partial charge >= 0.3 is 5.97 Å². The standard InChI is InChI=1S/C31H42BrN3O5/c1-3-4-5-6-7-8-9-10-11-12-13-17-29(36)33-23-30(37)35-34-22-24-18-19-27(28(20-24)39-2)40-31(38)25-15-14-16-26(32)21-25/h14-16,18-22H,3-13,17,23H2,1-2H3,(H,33,36)(H,35,37)/b34-22+. The van der Waals surface area contributed by atoms with Gasteiger partial charge in [0, 0.05) is 10.9 Å². The fourth-order valence-electron chi connectivity index (χ4n) is 4.06. The van der Waals surface area contributed by atoms with Crippen LogP contribution in [0.3, 0.4) is 0 Å². The fraction of sp³-hybridized carbons (Fsp3) is 0.484. The summed E-state index contributed by atoms with van der Waals surface area (Å²) in [5.74, 6) is -0.468. The quantitative estimate of drug-likeness (QED) is 0.0585. The van der Waals surface area contributed by atoms with Crippen LogP contribution in [-0.2, 0) is 9.59 Å². The lowest BCUT2D eigenvalue weighted by atomic mass is 10.1. The van der Waals surface area contributed by atoms with Gasteiger partial charge in [0.1, 0.15) is 0 Å². The second-order valence-corrected chi connectivity index (χ2v) is 10.6. The van der Waals surface area contributed by atoms with Crippen molar-refractivity contribution in [1.82, 2.24) is 10.7 Å². The maximum atomic E-state index is 12.4. The number of unbranched alkanes of at least 4 members (excludes halogenated alkanes) is 10. The predicted molar refractivity (Wildman–Crippen MR) is 162 cm³/mol. The highest BCUT2D eigenvalue weighted by atomic mass is 79.9. The largest absolute Gasteiger partial charge is 0.493 e. The van der Waals surface area contributed by atoms with Crippen molar-refractivity contribution in [3.63, 3.8) is 0 Å². The van der Waals surface area contributed by atoms with E-state index >= 15 is 0 Å². The molecule has 0 radical (unpaired) electrons. The van der Waals surface area contributed by atoms with E-state index in [1.807, 2.05) is 6.07 Å². The second kappa shape index (κ2) is 19.8. The summed E-state index contributed by atoms with van der Waals surface area (Å²) >= 11 is 3.33. The maximum absolute atomic E-state index is 12.4. The molecule has 0 saturated heterocycles. The Labute approximate surface area is 246 Å². The molecule has 8 nitrogen and oxygen atoms in total. The lowest BCUT2D eigenvalue weighted by molar-refractivity contribution is -0.126. The van der Waals surface area contributed by atoms with Crippen LogP contribution in [-0.4, -0.2) is 37.7 Å². The van der Waals surface area contributed by atoms with Crippen molar-refractivity contribution in [3.8, 4) is 11.5 Å². The molecule has 40 heavy (non-hydrogen) atoms. The van der Waals surface area contributed by atoms with Gasteiger partial charge < -0.3 is 14.8 Å². The number of nitrogens with one attached hydrogen (secondary N) is 2. The van der Waals surface area contributed by atoms with Crippen LogP contribution < -0.4 is 20.2 Å². The summed E-state index contributed by atoms with van der Waals surface area (Å²) in [6, 6.07) is 11.8. The molecule has 0 bridgehead atoms. The molecule has 0 spiro atoms. The summed E-state index contributed by atoms with van der Waals surface area (Å²) < 4.78 is 11.6. The molecular weight excluding hydrogens is 574 g/mol. The first kappa shape index (κ1) is 33.0. The van der Waals surface area contributed by atoms with Crippen LogP contribution in [0.25, 0.3) is 0 Å². The highest BCUT2D eigenvalue weighted by Crippen LogP contribution is 2.28. The molecule has 0 fully saturated rings. The normalized spacial score (nSPS) is 10.9. The number of halogens is 1. The van der Waals surface area contributed by atoms with Gasteiger partial charge in [-0.15, -0.1) is 0 Å².